The standard InChI is InChI=1S/C12H14N4O4S/c1-8(17)14-9-2-4-11(5-3-9)21(19,20)13-7-10-6-12(18)16-15-10/h2-6,13H,7H2,1H3,(H,14,17)(H2,15,16,18). The smallest absolute Gasteiger partial charge is 0.264 e. The molecule has 0 aliphatic rings. The van der Waals surface area contributed by atoms with Crippen molar-refractivity contribution < 1.29 is 13.2 Å². The molecule has 1 aromatic heterocycles. The minimum absolute atomic E-state index is 0.0332. The van der Waals surface area contributed by atoms with Crippen LogP contribution in [0, 0.1) is 0 Å². The summed E-state index contributed by atoms with van der Waals surface area (Å²) in [4.78, 5) is 21.9. The van der Waals surface area contributed by atoms with E-state index in [-0.39, 0.29) is 22.9 Å². The van der Waals surface area contributed by atoms with Crippen molar-refractivity contribution in [2.75, 3.05) is 5.32 Å². The number of hydrogen-bond acceptors (Lipinski definition) is 4. The molecule has 0 radical (unpaired) electrons. The van der Waals surface area contributed by atoms with Crippen LogP contribution < -0.4 is 15.6 Å². The molecule has 9 heteroatoms. The van der Waals surface area contributed by atoms with Crippen LogP contribution in [0.1, 0.15) is 12.6 Å². The first kappa shape index (κ1) is 15.0. The summed E-state index contributed by atoms with van der Waals surface area (Å²) in [5, 5.41) is 7.41. The molecule has 0 aliphatic carbocycles. The summed E-state index contributed by atoms with van der Waals surface area (Å²) < 4.78 is 26.5. The van der Waals surface area contributed by atoms with Gasteiger partial charge in [0.15, 0.2) is 0 Å². The lowest BCUT2D eigenvalue weighted by molar-refractivity contribution is -0.114. The van der Waals surface area contributed by atoms with Gasteiger partial charge in [-0.2, -0.15) is 0 Å². The summed E-state index contributed by atoms with van der Waals surface area (Å²) in [5.41, 5.74) is 0.610. The Labute approximate surface area is 120 Å². The maximum atomic E-state index is 12.0. The molecule has 2 aromatic rings. The number of amides is 1. The first-order valence-corrected chi connectivity index (χ1v) is 7.49. The van der Waals surface area contributed by atoms with Crippen molar-refractivity contribution in [1.29, 1.82) is 0 Å². The summed E-state index contributed by atoms with van der Waals surface area (Å²) in [6.45, 7) is 1.33. The van der Waals surface area contributed by atoms with Crippen LogP contribution in [0.4, 0.5) is 5.69 Å². The van der Waals surface area contributed by atoms with E-state index in [1.807, 2.05) is 0 Å². The van der Waals surface area contributed by atoms with Crippen LogP contribution in [0.5, 0.6) is 0 Å². The quantitative estimate of drug-likeness (QED) is 0.627. The second-order valence-corrected chi connectivity index (χ2v) is 6.08. The predicted octanol–water partition coefficient (Wildman–Crippen LogP) is 0.140. The van der Waals surface area contributed by atoms with Crippen LogP contribution in [0.25, 0.3) is 0 Å². The van der Waals surface area contributed by atoms with Gasteiger partial charge in [-0.3, -0.25) is 14.7 Å². The summed E-state index contributed by atoms with van der Waals surface area (Å²) in [6.07, 6.45) is 0. The van der Waals surface area contributed by atoms with Gasteiger partial charge >= 0.3 is 0 Å². The van der Waals surface area contributed by atoms with Gasteiger partial charge < -0.3 is 10.4 Å². The second kappa shape index (κ2) is 5.94. The Kier molecular flexibility index (Phi) is 4.24. The maximum absolute atomic E-state index is 12.0. The van der Waals surface area contributed by atoms with Gasteiger partial charge in [0.2, 0.25) is 15.9 Å². The van der Waals surface area contributed by atoms with Crippen molar-refractivity contribution >= 4 is 21.6 Å². The van der Waals surface area contributed by atoms with E-state index in [9.17, 15) is 18.0 Å². The normalized spacial score (nSPS) is 11.3. The number of carbonyl (C=O) groups is 1. The number of anilines is 1. The molecule has 0 spiro atoms. The van der Waals surface area contributed by atoms with Crippen molar-refractivity contribution in [3.63, 3.8) is 0 Å². The molecule has 0 saturated heterocycles. The Hall–Kier alpha value is -2.39. The lowest BCUT2D eigenvalue weighted by atomic mass is 10.3. The Morgan fingerprint density at radius 1 is 1.19 bits per heavy atom. The zero-order chi connectivity index (χ0) is 15.5. The molecule has 1 heterocycles. The fourth-order valence-corrected chi connectivity index (χ4v) is 2.65. The van der Waals surface area contributed by atoms with Crippen molar-refractivity contribution in [1.82, 2.24) is 14.9 Å². The van der Waals surface area contributed by atoms with E-state index < -0.39 is 10.0 Å². The van der Waals surface area contributed by atoms with E-state index in [0.29, 0.717) is 11.4 Å². The molecule has 0 atom stereocenters. The van der Waals surface area contributed by atoms with Gasteiger partial charge in [-0.25, -0.2) is 13.1 Å². The minimum Gasteiger partial charge on any atom is -0.326 e. The average Bonchev–Trinajstić information content (AvgIpc) is 2.82. The molecule has 0 aliphatic heterocycles. The molecule has 1 amide bonds. The van der Waals surface area contributed by atoms with Crippen LogP contribution in [0.15, 0.2) is 40.0 Å². The Balaban J connectivity index is 2.08. The number of rotatable bonds is 5. The molecule has 4 N–H and O–H groups in total. The van der Waals surface area contributed by atoms with Crippen LogP contribution in [-0.4, -0.2) is 24.5 Å². The van der Waals surface area contributed by atoms with Crippen LogP contribution in [0.2, 0.25) is 0 Å². The van der Waals surface area contributed by atoms with E-state index >= 15 is 0 Å². The highest BCUT2D eigenvalue weighted by Crippen LogP contribution is 2.14. The molecule has 2 rings (SSSR count). The number of benzene rings is 1. The lowest BCUT2D eigenvalue weighted by Gasteiger charge is -2.07. The largest absolute Gasteiger partial charge is 0.326 e. The number of carbonyl (C=O) groups excluding carboxylic acids is 1. The number of H-pyrrole nitrogens is 2. The molecule has 1 aromatic carbocycles. The van der Waals surface area contributed by atoms with E-state index in [1.165, 1.54) is 37.3 Å². The zero-order valence-electron chi connectivity index (χ0n) is 11.1. The summed E-state index contributed by atoms with van der Waals surface area (Å²) >= 11 is 0. The highest BCUT2D eigenvalue weighted by Gasteiger charge is 2.14. The first-order chi connectivity index (χ1) is 9.87. The predicted molar refractivity (Wildman–Crippen MR) is 76.2 cm³/mol. The van der Waals surface area contributed by atoms with Gasteiger partial charge in [0.05, 0.1) is 17.1 Å². The summed E-state index contributed by atoms with van der Waals surface area (Å²) in [7, 11) is -3.69. The molecule has 112 valence electrons. The molecule has 0 bridgehead atoms. The van der Waals surface area contributed by atoms with Crippen LogP contribution in [-0.2, 0) is 21.4 Å². The molecular formula is C12H14N4O4S. The van der Waals surface area contributed by atoms with Crippen molar-refractivity contribution in [3.05, 3.63) is 46.4 Å². The molecular weight excluding hydrogens is 296 g/mol. The highest BCUT2D eigenvalue weighted by molar-refractivity contribution is 7.89. The van der Waals surface area contributed by atoms with Crippen molar-refractivity contribution in [2.45, 2.75) is 18.4 Å². The average molecular weight is 310 g/mol. The fourth-order valence-electron chi connectivity index (χ4n) is 1.64. The first-order valence-electron chi connectivity index (χ1n) is 6.01. The van der Waals surface area contributed by atoms with E-state index in [4.69, 9.17) is 0 Å². The fraction of sp³-hybridized carbons (Fsp3) is 0.167. The van der Waals surface area contributed by atoms with E-state index in [1.54, 1.807) is 0 Å². The van der Waals surface area contributed by atoms with Crippen LogP contribution >= 0.6 is 0 Å². The number of hydrogen-bond donors (Lipinski definition) is 4. The molecule has 0 fully saturated rings. The highest BCUT2D eigenvalue weighted by atomic mass is 32.2. The minimum atomic E-state index is -3.69. The van der Waals surface area contributed by atoms with Gasteiger partial charge in [0, 0.05) is 18.7 Å². The number of sulfonamides is 1. The zero-order valence-corrected chi connectivity index (χ0v) is 12.0. The summed E-state index contributed by atoms with van der Waals surface area (Å²) in [5.74, 6) is -0.236. The summed E-state index contributed by atoms with van der Waals surface area (Å²) in [6, 6.07) is 7.02. The SMILES string of the molecule is CC(=O)Nc1ccc(S(=O)(=O)NCc2cc(=O)[nH][nH]2)cc1. The Bertz CT molecular complexity index is 789. The Morgan fingerprint density at radius 3 is 2.38 bits per heavy atom. The van der Waals surface area contributed by atoms with Gasteiger partial charge in [0.1, 0.15) is 0 Å². The van der Waals surface area contributed by atoms with E-state index in [0.717, 1.165) is 0 Å². The number of nitrogens with one attached hydrogen (secondary N) is 4. The van der Waals surface area contributed by atoms with E-state index in [2.05, 4.69) is 20.2 Å². The van der Waals surface area contributed by atoms with Crippen molar-refractivity contribution in [3.8, 4) is 0 Å². The van der Waals surface area contributed by atoms with Crippen LogP contribution in [0.3, 0.4) is 0 Å². The van der Waals surface area contributed by atoms with Gasteiger partial charge in [-0.05, 0) is 24.3 Å². The molecule has 8 nitrogen and oxygen atoms in total. The maximum Gasteiger partial charge on any atom is 0.264 e. The number of aromatic amines is 2. The third-order valence-electron chi connectivity index (χ3n) is 2.59. The van der Waals surface area contributed by atoms with Crippen molar-refractivity contribution in [2.24, 2.45) is 0 Å². The van der Waals surface area contributed by atoms with Gasteiger partial charge in [-0.15, -0.1) is 0 Å². The molecule has 0 unspecified atom stereocenters. The Morgan fingerprint density at radius 2 is 1.86 bits per heavy atom. The number of aromatic nitrogens is 2. The second-order valence-electron chi connectivity index (χ2n) is 4.31. The lowest BCUT2D eigenvalue weighted by Crippen LogP contribution is -2.23. The van der Waals surface area contributed by atoms with Gasteiger partial charge in [0.25, 0.3) is 5.56 Å². The third kappa shape index (κ3) is 4.04. The molecule has 21 heavy (non-hydrogen) atoms. The molecule has 0 saturated carbocycles. The van der Waals surface area contributed by atoms with Gasteiger partial charge in [-0.1, -0.05) is 0 Å². The monoisotopic (exact) mass is 310 g/mol. The third-order valence-corrected chi connectivity index (χ3v) is 4.01. The topological polar surface area (TPSA) is 124 Å².